The number of para-hydroxylation sites is 1. The summed E-state index contributed by atoms with van der Waals surface area (Å²) in [5.74, 6) is 0.0474. The van der Waals surface area contributed by atoms with Crippen molar-refractivity contribution in [3.8, 4) is 17.4 Å². The molecule has 0 saturated heterocycles. The molecule has 9 heteroatoms. The number of aromatic nitrogens is 1. The van der Waals surface area contributed by atoms with Crippen LogP contribution in [-0.4, -0.2) is 15.8 Å². The summed E-state index contributed by atoms with van der Waals surface area (Å²) >= 11 is 1.31. The topological polar surface area (TPSA) is 122 Å². The lowest BCUT2D eigenvalue weighted by atomic mass is 10.1. The fourth-order valence-electron chi connectivity index (χ4n) is 2.74. The number of thiazole rings is 1. The molecule has 0 fully saturated rings. The highest BCUT2D eigenvalue weighted by molar-refractivity contribution is 7.22. The van der Waals surface area contributed by atoms with E-state index in [-0.39, 0.29) is 17.0 Å². The van der Waals surface area contributed by atoms with Crippen molar-refractivity contribution in [3.05, 3.63) is 82.1 Å². The number of furan rings is 1. The zero-order valence-electron chi connectivity index (χ0n) is 15.2. The third kappa shape index (κ3) is 3.94. The van der Waals surface area contributed by atoms with Crippen LogP contribution >= 0.6 is 11.3 Å². The Kier molecular flexibility index (Phi) is 5.07. The van der Waals surface area contributed by atoms with Crippen molar-refractivity contribution in [2.24, 2.45) is 0 Å². The van der Waals surface area contributed by atoms with Crippen LogP contribution in [0.4, 0.5) is 10.8 Å². The quantitative estimate of drug-likeness (QED) is 0.211. The second-order valence-electron chi connectivity index (χ2n) is 6.12. The van der Waals surface area contributed by atoms with Gasteiger partial charge in [-0.15, -0.1) is 0 Å². The highest BCUT2D eigenvalue weighted by atomic mass is 32.1. The molecule has 146 valence electrons. The molecule has 0 spiro atoms. The Morgan fingerprint density at radius 1 is 1.20 bits per heavy atom. The Morgan fingerprint density at radius 3 is 2.80 bits per heavy atom. The molecule has 0 aliphatic heterocycles. The molecule has 0 saturated carbocycles. The van der Waals surface area contributed by atoms with Crippen LogP contribution in [0, 0.1) is 21.4 Å². The molecule has 1 N–H and O–H groups in total. The lowest BCUT2D eigenvalue weighted by molar-refractivity contribution is -0.384. The van der Waals surface area contributed by atoms with Crippen LogP contribution in [-0.2, 0) is 4.79 Å². The standard InChI is InChI=1S/C21H12N4O4S/c22-12-14(20(26)24-21-23-17-6-1-2-7-19(17)30-21)11-16-8-9-18(29-16)13-4-3-5-15(10-13)25(27)28/h1-11H,(H,23,24,26)/b14-11-. The first-order valence-corrected chi connectivity index (χ1v) is 9.48. The van der Waals surface area contributed by atoms with E-state index in [4.69, 9.17) is 4.42 Å². The van der Waals surface area contributed by atoms with Crippen molar-refractivity contribution in [1.29, 1.82) is 5.26 Å². The summed E-state index contributed by atoms with van der Waals surface area (Å²) in [4.78, 5) is 27.2. The number of benzene rings is 2. The number of non-ortho nitro benzene ring substituents is 1. The van der Waals surface area contributed by atoms with Crippen LogP contribution in [0.1, 0.15) is 5.76 Å². The van der Waals surface area contributed by atoms with Gasteiger partial charge in [-0.05, 0) is 24.3 Å². The molecule has 0 radical (unpaired) electrons. The average Bonchev–Trinajstić information content (AvgIpc) is 3.38. The first-order chi connectivity index (χ1) is 14.5. The maximum absolute atomic E-state index is 12.5. The number of nitrogens with zero attached hydrogens (tertiary/aromatic N) is 3. The van der Waals surface area contributed by atoms with Crippen molar-refractivity contribution in [1.82, 2.24) is 4.98 Å². The average molecular weight is 416 g/mol. The van der Waals surface area contributed by atoms with Gasteiger partial charge in [0.1, 0.15) is 23.2 Å². The first-order valence-electron chi connectivity index (χ1n) is 8.67. The SMILES string of the molecule is N#C/C(=C/c1ccc(-c2cccc([N+](=O)[O-])c2)o1)C(=O)Nc1nc2ccccc2s1. The van der Waals surface area contributed by atoms with E-state index in [0.29, 0.717) is 16.5 Å². The number of hydrogen-bond donors (Lipinski definition) is 1. The number of hydrogen-bond acceptors (Lipinski definition) is 7. The number of amides is 1. The minimum Gasteiger partial charge on any atom is -0.457 e. The monoisotopic (exact) mass is 416 g/mol. The van der Waals surface area contributed by atoms with E-state index in [1.54, 1.807) is 24.3 Å². The van der Waals surface area contributed by atoms with Crippen LogP contribution in [0.5, 0.6) is 0 Å². The number of rotatable bonds is 5. The van der Waals surface area contributed by atoms with Gasteiger partial charge in [0.15, 0.2) is 5.13 Å². The zero-order chi connectivity index (χ0) is 21.1. The first kappa shape index (κ1) is 19.0. The van der Waals surface area contributed by atoms with Gasteiger partial charge in [0.2, 0.25) is 0 Å². The molecule has 8 nitrogen and oxygen atoms in total. The third-order valence-electron chi connectivity index (χ3n) is 4.13. The number of fused-ring (bicyclic) bond motifs is 1. The van der Waals surface area contributed by atoms with Crippen LogP contribution < -0.4 is 5.32 Å². The van der Waals surface area contributed by atoms with E-state index in [0.717, 1.165) is 10.2 Å². The second-order valence-corrected chi connectivity index (χ2v) is 7.15. The van der Waals surface area contributed by atoms with Gasteiger partial charge in [-0.2, -0.15) is 5.26 Å². The van der Waals surface area contributed by atoms with Crippen LogP contribution in [0.25, 0.3) is 27.6 Å². The molecule has 1 amide bonds. The molecule has 2 heterocycles. The number of carbonyl (C=O) groups is 1. The van der Waals surface area contributed by atoms with Crippen molar-refractivity contribution in [2.45, 2.75) is 0 Å². The van der Waals surface area contributed by atoms with E-state index < -0.39 is 10.8 Å². The van der Waals surface area contributed by atoms with Gasteiger partial charge in [-0.25, -0.2) is 4.98 Å². The summed E-state index contributed by atoms with van der Waals surface area (Å²) in [6, 6.07) is 18.5. The number of nitrogens with one attached hydrogen (secondary N) is 1. The van der Waals surface area contributed by atoms with E-state index in [9.17, 15) is 20.2 Å². The highest BCUT2D eigenvalue weighted by Crippen LogP contribution is 2.28. The van der Waals surface area contributed by atoms with Gasteiger partial charge in [-0.3, -0.25) is 20.2 Å². The summed E-state index contributed by atoms with van der Waals surface area (Å²) in [5, 5.41) is 23.3. The lowest BCUT2D eigenvalue weighted by Crippen LogP contribution is -2.13. The number of nitro benzene ring substituents is 1. The van der Waals surface area contributed by atoms with Crippen LogP contribution in [0.3, 0.4) is 0 Å². The summed E-state index contributed by atoms with van der Waals surface area (Å²) in [6.07, 6.45) is 1.31. The molecular weight excluding hydrogens is 404 g/mol. The van der Waals surface area contributed by atoms with Gasteiger partial charge < -0.3 is 4.42 Å². The van der Waals surface area contributed by atoms with E-state index in [1.165, 1.54) is 29.5 Å². The van der Waals surface area contributed by atoms with Gasteiger partial charge in [0.05, 0.1) is 15.1 Å². The molecule has 2 aromatic heterocycles. The summed E-state index contributed by atoms with van der Waals surface area (Å²) in [6.45, 7) is 0. The molecular formula is C21H12N4O4S. The van der Waals surface area contributed by atoms with Crippen molar-refractivity contribution < 1.29 is 14.1 Å². The molecule has 0 aliphatic carbocycles. The van der Waals surface area contributed by atoms with E-state index in [2.05, 4.69) is 10.3 Å². The fraction of sp³-hybridized carbons (Fsp3) is 0. The van der Waals surface area contributed by atoms with Crippen molar-refractivity contribution in [3.63, 3.8) is 0 Å². The predicted molar refractivity (Wildman–Crippen MR) is 113 cm³/mol. The van der Waals surface area contributed by atoms with Gasteiger partial charge in [0, 0.05) is 23.8 Å². The Bertz CT molecular complexity index is 1310. The van der Waals surface area contributed by atoms with Crippen molar-refractivity contribution >= 4 is 44.4 Å². The summed E-state index contributed by atoms with van der Waals surface area (Å²) < 4.78 is 6.56. The summed E-state index contributed by atoms with van der Waals surface area (Å²) in [7, 11) is 0. The number of nitriles is 1. The minimum atomic E-state index is -0.607. The van der Waals surface area contributed by atoms with Gasteiger partial charge in [-0.1, -0.05) is 35.6 Å². The van der Waals surface area contributed by atoms with Gasteiger partial charge in [0.25, 0.3) is 11.6 Å². The fourth-order valence-corrected chi connectivity index (χ4v) is 3.60. The zero-order valence-corrected chi connectivity index (χ0v) is 16.1. The molecule has 0 aliphatic rings. The Hall–Kier alpha value is -4.29. The Labute approximate surface area is 173 Å². The highest BCUT2D eigenvalue weighted by Gasteiger charge is 2.14. The Balaban J connectivity index is 1.55. The lowest BCUT2D eigenvalue weighted by Gasteiger charge is -1.99. The van der Waals surface area contributed by atoms with E-state index in [1.807, 2.05) is 30.3 Å². The largest absolute Gasteiger partial charge is 0.457 e. The third-order valence-corrected chi connectivity index (χ3v) is 5.09. The predicted octanol–water partition coefficient (Wildman–Crippen LogP) is 5.01. The molecule has 0 bridgehead atoms. The maximum atomic E-state index is 12.5. The number of anilines is 1. The molecule has 2 aromatic carbocycles. The molecule has 4 aromatic rings. The molecule has 4 rings (SSSR count). The summed E-state index contributed by atoms with van der Waals surface area (Å²) in [5.41, 5.74) is 1.05. The van der Waals surface area contributed by atoms with Crippen LogP contribution in [0.2, 0.25) is 0 Å². The van der Waals surface area contributed by atoms with E-state index >= 15 is 0 Å². The van der Waals surface area contributed by atoms with Gasteiger partial charge >= 0.3 is 0 Å². The Morgan fingerprint density at radius 2 is 2.03 bits per heavy atom. The normalized spacial score (nSPS) is 11.2. The molecule has 30 heavy (non-hydrogen) atoms. The maximum Gasteiger partial charge on any atom is 0.270 e. The van der Waals surface area contributed by atoms with Crippen molar-refractivity contribution in [2.75, 3.05) is 5.32 Å². The number of carbonyl (C=O) groups excluding carboxylic acids is 1. The smallest absolute Gasteiger partial charge is 0.270 e. The molecule has 0 atom stereocenters. The second kappa shape index (κ2) is 7.98. The van der Waals surface area contributed by atoms with Crippen LogP contribution in [0.15, 0.2) is 70.7 Å². The number of nitro groups is 1. The molecule has 0 unspecified atom stereocenters. The minimum absolute atomic E-state index is 0.0612.